The zero-order chi connectivity index (χ0) is 18.0. The van der Waals surface area contributed by atoms with Crippen molar-refractivity contribution in [3.05, 3.63) is 34.9 Å². The molecule has 1 atom stereocenters. The van der Waals surface area contributed by atoms with E-state index in [0.29, 0.717) is 19.7 Å². The number of benzene rings is 1. The third kappa shape index (κ3) is 4.34. The van der Waals surface area contributed by atoms with E-state index >= 15 is 0 Å². The van der Waals surface area contributed by atoms with E-state index < -0.39 is 0 Å². The molecule has 0 unspecified atom stereocenters. The van der Waals surface area contributed by atoms with Crippen LogP contribution in [0.3, 0.4) is 0 Å². The van der Waals surface area contributed by atoms with Crippen molar-refractivity contribution >= 4 is 17.5 Å². The summed E-state index contributed by atoms with van der Waals surface area (Å²) in [7, 11) is 2.10. The van der Waals surface area contributed by atoms with Crippen molar-refractivity contribution in [2.45, 2.75) is 25.5 Å². The van der Waals surface area contributed by atoms with Gasteiger partial charge in [0.05, 0.1) is 19.3 Å². The lowest BCUT2D eigenvalue weighted by Crippen LogP contribution is -2.58. The molecule has 5 nitrogen and oxygen atoms in total. The molecule has 2 heterocycles. The van der Waals surface area contributed by atoms with Gasteiger partial charge >= 0.3 is 0 Å². The van der Waals surface area contributed by atoms with Crippen LogP contribution in [-0.2, 0) is 9.53 Å². The maximum atomic E-state index is 12.8. The smallest absolute Gasteiger partial charge is 0.236 e. The molecule has 2 aliphatic heterocycles. The molecule has 0 N–H and O–H groups in total. The highest BCUT2D eigenvalue weighted by atomic mass is 35.5. The number of nitrogens with zero attached hydrogens (tertiary/aromatic N) is 3. The summed E-state index contributed by atoms with van der Waals surface area (Å²) >= 11 is 6.34. The van der Waals surface area contributed by atoms with Gasteiger partial charge in [0.15, 0.2) is 0 Å². The molecule has 2 aliphatic rings. The Morgan fingerprint density at radius 2 is 1.92 bits per heavy atom. The van der Waals surface area contributed by atoms with Gasteiger partial charge in [-0.05, 0) is 27.0 Å². The molecule has 138 valence electrons. The zero-order valence-corrected chi connectivity index (χ0v) is 16.1. The van der Waals surface area contributed by atoms with Gasteiger partial charge in [0.1, 0.15) is 0 Å². The van der Waals surface area contributed by atoms with Crippen molar-refractivity contribution < 1.29 is 9.53 Å². The second-order valence-electron chi connectivity index (χ2n) is 7.70. The van der Waals surface area contributed by atoms with Gasteiger partial charge in [0.2, 0.25) is 5.91 Å². The van der Waals surface area contributed by atoms with Crippen molar-refractivity contribution in [3.63, 3.8) is 0 Å². The maximum absolute atomic E-state index is 12.8. The van der Waals surface area contributed by atoms with Crippen LogP contribution in [0.15, 0.2) is 24.3 Å². The van der Waals surface area contributed by atoms with E-state index in [-0.39, 0.29) is 17.6 Å². The van der Waals surface area contributed by atoms with Crippen LogP contribution in [0.5, 0.6) is 0 Å². The van der Waals surface area contributed by atoms with Crippen molar-refractivity contribution in [2.24, 2.45) is 0 Å². The van der Waals surface area contributed by atoms with Crippen LogP contribution in [0.25, 0.3) is 0 Å². The number of amides is 1. The summed E-state index contributed by atoms with van der Waals surface area (Å²) in [5.41, 5.74) is 0.830. The highest BCUT2D eigenvalue weighted by Crippen LogP contribution is 2.33. The molecule has 0 bridgehead atoms. The molecule has 3 rings (SSSR count). The van der Waals surface area contributed by atoms with E-state index in [4.69, 9.17) is 16.3 Å². The van der Waals surface area contributed by atoms with Gasteiger partial charge in [-0.2, -0.15) is 0 Å². The minimum Gasteiger partial charge on any atom is -0.370 e. The van der Waals surface area contributed by atoms with E-state index in [1.165, 1.54) is 0 Å². The van der Waals surface area contributed by atoms with E-state index in [9.17, 15) is 4.79 Å². The van der Waals surface area contributed by atoms with Crippen molar-refractivity contribution in [2.75, 3.05) is 52.9 Å². The number of morpholine rings is 1. The Kier molecular flexibility index (Phi) is 5.68. The molecule has 0 radical (unpaired) electrons. The summed E-state index contributed by atoms with van der Waals surface area (Å²) in [6.07, 6.45) is -0.0954. The summed E-state index contributed by atoms with van der Waals surface area (Å²) in [5.74, 6) is 0.209. The second-order valence-corrected chi connectivity index (χ2v) is 8.11. The standard InChI is InChI=1S/C19H28ClN3O2/c1-19(2)14-25-17(15-6-4-5-7-16(15)20)12-23(19)13-18(24)22-10-8-21(3)9-11-22/h4-7,17H,8-14H2,1-3H3/t17-/m0/s1. The maximum Gasteiger partial charge on any atom is 0.236 e. The van der Waals surface area contributed by atoms with Crippen LogP contribution in [0.4, 0.5) is 0 Å². The number of hydrogen-bond donors (Lipinski definition) is 0. The first-order valence-electron chi connectivity index (χ1n) is 8.94. The topological polar surface area (TPSA) is 36.0 Å². The van der Waals surface area contributed by atoms with Gasteiger partial charge in [-0.1, -0.05) is 29.8 Å². The van der Waals surface area contributed by atoms with Gasteiger partial charge in [-0.25, -0.2) is 0 Å². The van der Waals surface area contributed by atoms with E-state index in [1.54, 1.807) is 0 Å². The number of halogens is 1. The molecule has 25 heavy (non-hydrogen) atoms. The quantitative estimate of drug-likeness (QED) is 0.823. The lowest BCUT2D eigenvalue weighted by molar-refractivity contribution is -0.143. The molecule has 0 aromatic heterocycles. The highest BCUT2D eigenvalue weighted by Gasteiger charge is 2.38. The highest BCUT2D eigenvalue weighted by molar-refractivity contribution is 6.31. The summed E-state index contributed by atoms with van der Waals surface area (Å²) < 4.78 is 6.07. The number of ether oxygens (including phenoxy) is 1. The molecule has 1 aromatic rings. The molecule has 1 aromatic carbocycles. The van der Waals surface area contributed by atoms with Gasteiger partial charge in [-0.15, -0.1) is 0 Å². The summed E-state index contributed by atoms with van der Waals surface area (Å²) in [4.78, 5) is 19.3. The van der Waals surface area contributed by atoms with Gasteiger partial charge in [-0.3, -0.25) is 9.69 Å². The average Bonchev–Trinajstić information content (AvgIpc) is 2.58. The Morgan fingerprint density at radius 3 is 2.60 bits per heavy atom. The Labute approximate surface area is 155 Å². The zero-order valence-electron chi connectivity index (χ0n) is 15.4. The molecular formula is C19H28ClN3O2. The summed E-state index contributed by atoms with van der Waals surface area (Å²) in [6, 6.07) is 7.79. The predicted octanol–water partition coefficient (Wildman–Crippen LogP) is 2.27. The largest absolute Gasteiger partial charge is 0.370 e. The number of piperazine rings is 1. The van der Waals surface area contributed by atoms with Crippen molar-refractivity contribution in [1.29, 1.82) is 0 Å². The van der Waals surface area contributed by atoms with Gasteiger partial charge < -0.3 is 14.5 Å². The van der Waals surface area contributed by atoms with E-state index in [2.05, 4.69) is 30.7 Å². The van der Waals surface area contributed by atoms with E-state index in [0.717, 1.165) is 36.8 Å². The van der Waals surface area contributed by atoms with Crippen LogP contribution in [0.2, 0.25) is 5.02 Å². The lowest BCUT2D eigenvalue weighted by atomic mass is 9.98. The number of hydrogen-bond acceptors (Lipinski definition) is 4. The van der Waals surface area contributed by atoms with Gasteiger partial charge in [0, 0.05) is 48.8 Å². The van der Waals surface area contributed by atoms with Crippen LogP contribution in [-0.4, -0.2) is 79.1 Å². The number of likely N-dealkylation sites (N-methyl/N-ethyl adjacent to an activating group) is 1. The monoisotopic (exact) mass is 365 g/mol. The molecule has 0 aliphatic carbocycles. The Morgan fingerprint density at radius 1 is 1.24 bits per heavy atom. The molecule has 0 saturated carbocycles. The second kappa shape index (κ2) is 7.62. The SMILES string of the molecule is CN1CCN(C(=O)CN2C[C@@H](c3ccccc3Cl)OCC2(C)C)CC1. The molecule has 2 fully saturated rings. The van der Waals surface area contributed by atoms with Crippen LogP contribution in [0.1, 0.15) is 25.5 Å². The third-order valence-corrected chi connectivity index (χ3v) is 5.66. The number of rotatable bonds is 3. The fraction of sp³-hybridized carbons (Fsp3) is 0.632. The predicted molar refractivity (Wildman–Crippen MR) is 99.9 cm³/mol. The fourth-order valence-corrected chi connectivity index (χ4v) is 3.68. The van der Waals surface area contributed by atoms with Gasteiger partial charge in [0.25, 0.3) is 0 Å². The normalized spacial score (nSPS) is 25.1. The first-order valence-corrected chi connectivity index (χ1v) is 9.32. The van der Waals surface area contributed by atoms with Crippen LogP contribution >= 0.6 is 11.6 Å². The molecule has 0 spiro atoms. The lowest BCUT2D eigenvalue weighted by Gasteiger charge is -2.46. The van der Waals surface area contributed by atoms with Crippen LogP contribution in [0, 0.1) is 0 Å². The molecule has 6 heteroatoms. The first-order chi connectivity index (χ1) is 11.9. The third-order valence-electron chi connectivity index (χ3n) is 5.31. The Balaban J connectivity index is 1.67. The Bertz CT molecular complexity index is 614. The summed E-state index contributed by atoms with van der Waals surface area (Å²) in [6.45, 7) is 9.47. The van der Waals surface area contributed by atoms with Crippen molar-refractivity contribution in [3.8, 4) is 0 Å². The molecule has 2 saturated heterocycles. The van der Waals surface area contributed by atoms with Crippen molar-refractivity contribution in [1.82, 2.24) is 14.7 Å². The minimum atomic E-state index is -0.167. The minimum absolute atomic E-state index is 0.0954. The number of carbonyl (C=O) groups is 1. The molecular weight excluding hydrogens is 338 g/mol. The fourth-order valence-electron chi connectivity index (χ4n) is 3.42. The first kappa shape index (κ1) is 18.6. The Hall–Kier alpha value is -1.14. The number of carbonyl (C=O) groups excluding carboxylic acids is 1. The summed E-state index contributed by atoms with van der Waals surface area (Å²) in [5, 5.41) is 0.720. The molecule has 1 amide bonds. The average molecular weight is 366 g/mol. The van der Waals surface area contributed by atoms with Crippen LogP contribution < -0.4 is 0 Å². The van der Waals surface area contributed by atoms with E-state index in [1.807, 2.05) is 29.2 Å².